The molecule has 0 radical (unpaired) electrons. The fraction of sp³-hybridized carbons (Fsp3) is 0.240. The molecule has 33 heavy (non-hydrogen) atoms. The van der Waals surface area contributed by atoms with E-state index >= 15 is 0 Å². The Morgan fingerprint density at radius 2 is 1.82 bits per heavy atom. The molecule has 0 saturated heterocycles. The van der Waals surface area contributed by atoms with Gasteiger partial charge in [-0.15, -0.1) is 0 Å². The number of allylic oxidation sites excluding steroid dienone is 4. The first kappa shape index (κ1) is 26.1. The quantitative estimate of drug-likeness (QED) is 0.320. The van der Waals surface area contributed by atoms with Gasteiger partial charge in [-0.1, -0.05) is 48.4 Å². The summed E-state index contributed by atoms with van der Waals surface area (Å²) in [6.45, 7) is 5.97. The standard InChI is InChI=1S/C25H26ClF3N2O2/c1-4-16(2)6-5-7-21(17(3)30)24(32)31-15-18-8-11-20(12-9-18)33-23-13-10-19(14-22(23)26)25(27,28)29/h5-14H,4,15,30H2,1-3H3,(H,31,32)/b7-5-,16-6?,21-17-. The number of benzene rings is 2. The minimum absolute atomic E-state index is 0.109. The van der Waals surface area contributed by atoms with Crippen LogP contribution >= 0.6 is 11.6 Å². The van der Waals surface area contributed by atoms with Gasteiger partial charge in [-0.25, -0.2) is 0 Å². The van der Waals surface area contributed by atoms with Crippen LogP contribution in [0.2, 0.25) is 5.02 Å². The molecule has 0 aliphatic heterocycles. The Balaban J connectivity index is 2.00. The van der Waals surface area contributed by atoms with Gasteiger partial charge < -0.3 is 15.8 Å². The van der Waals surface area contributed by atoms with E-state index < -0.39 is 11.7 Å². The Bertz CT molecular complexity index is 1070. The number of nitrogens with one attached hydrogen (secondary N) is 1. The summed E-state index contributed by atoms with van der Waals surface area (Å²) in [6, 6.07) is 9.64. The number of nitrogens with two attached hydrogens (primary N) is 1. The lowest BCUT2D eigenvalue weighted by Gasteiger charge is -2.12. The highest BCUT2D eigenvalue weighted by Crippen LogP contribution is 2.36. The first-order chi connectivity index (χ1) is 15.5. The molecule has 0 aromatic heterocycles. The second-order valence-corrected chi connectivity index (χ2v) is 7.80. The van der Waals surface area contributed by atoms with Gasteiger partial charge in [-0.2, -0.15) is 13.2 Å². The van der Waals surface area contributed by atoms with Gasteiger partial charge in [0.05, 0.1) is 16.2 Å². The molecule has 1 amide bonds. The first-order valence-corrected chi connectivity index (χ1v) is 10.6. The van der Waals surface area contributed by atoms with Gasteiger partial charge in [0.25, 0.3) is 5.91 Å². The van der Waals surface area contributed by atoms with Crippen molar-refractivity contribution in [2.45, 2.75) is 39.9 Å². The molecule has 0 spiro atoms. The van der Waals surface area contributed by atoms with Gasteiger partial charge in [-0.05, 0) is 62.2 Å². The van der Waals surface area contributed by atoms with Crippen LogP contribution in [0.25, 0.3) is 0 Å². The van der Waals surface area contributed by atoms with Gasteiger partial charge in [-0.3, -0.25) is 4.79 Å². The molecule has 2 aromatic carbocycles. The van der Waals surface area contributed by atoms with E-state index in [2.05, 4.69) is 5.32 Å². The minimum atomic E-state index is -4.48. The SMILES string of the molecule is CCC(C)=C/C=C\C(C(=O)NCc1ccc(Oc2ccc(C(F)(F)F)cc2Cl)cc1)=C(/C)N. The van der Waals surface area contributed by atoms with Crippen molar-refractivity contribution in [3.05, 3.63) is 93.7 Å². The van der Waals surface area contributed by atoms with Gasteiger partial charge in [0.15, 0.2) is 0 Å². The molecule has 2 rings (SSSR count). The second kappa shape index (κ2) is 11.6. The van der Waals surface area contributed by atoms with E-state index in [9.17, 15) is 18.0 Å². The van der Waals surface area contributed by atoms with Crippen LogP contribution in [0.5, 0.6) is 11.5 Å². The number of ether oxygens (including phenoxy) is 1. The number of rotatable bonds is 8. The van der Waals surface area contributed by atoms with E-state index in [-0.39, 0.29) is 23.2 Å². The summed E-state index contributed by atoms with van der Waals surface area (Å²) in [7, 11) is 0. The minimum Gasteiger partial charge on any atom is -0.456 e. The van der Waals surface area contributed by atoms with Crippen LogP contribution in [0.3, 0.4) is 0 Å². The van der Waals surface area contributed by atoms with E-state index in [1.807, 2.05) is 19.9 Å². The third-order valence-corrected chi connectivity index (χ3v) is 5.03. The molecule has 2 aromatic rings. The van der Waals surface area contributed by atoms with Crippen LogP contribution in [0.4, 0.5) is 13.2 Å². The predicted molar refractivity (Wildman–Crippen MR) is 125 cm³/mol. The number of carbonyl (C=O) groups excluding carboxylic acids is 1. The van der Waals surface area contributed by atoms with Crippen LogP contribution < -0.4 is 15.8 Å². The second-order valence-electron chi connectivity index (χ2n) is 7.39. The van der Waals surface area contributed by atoms with Crippen molar-refractivity contribution in [3.63, 3.8) is 0 Å². The third kappa shape index (κ3) is 8.02. The van der Waals surface area contributed by atoms with E-state index in [4.69, 9.17) is 22.1 Å². The zero-order valence-electron chi connectivity index (χ0n) is 18.6. The van der Waals surface area contributed by atoms with Crippen LogP contribution in [-0.2, 0) is 17.5 Å². The number of hydrogen-bond donors (Lipinski definition) is 2. The molecule has 0 unspecified atom stereocenters. The maximum absolute atomic E-state index is 12.8. The van der Waals surface area contributed by atoms with Crippen molar-refractivity contribution >= 4 is 17.5 Å². The Morgan fingerprint density at radius 3 is 2.36 bits per heavy atom. The van der Waals surface area contributed by atoms with Crippen molar-refractivity contribution in [3.8, 4) is 11.5 Å². The smallest absolute Gasteiger partial charge is 0.416 e. The van der Waals surface area contributed by atoms with Crippen molar-refractivity contribution < 1.29 is 22.7 Å². The van der Waals surface area contributed by atoms with Crippen LogP contribution in [0.15, 0.2) is 77.5 Å². The molecule has 0 aliphatic carbocycles. The molecule has 0 aliphatic rings. The van der Waals surface area contributed by atoms with E-state index in [0.717, 1.165) is 24.1 Å². The lowest BCUT2D eigenvalue weighted by molar-refractivity contribution is -0.137. The van der Waals surface area contributed by atoms with E-state index in [1.54, 1.807) is 43.3 Å². The fourth-order valence-electron chi connectivity index (χ4n) is 2.65. The summed E-state index contributed by atoms with van der Waals surface area (Å²) >= 11 is 5.92. The van der Waals surface area contributed by atoms with Crippen LogP contribution in [0, 0.1) is 0 Å². The maximum atomic E-state index is 12.8. The zero-order valence-corrected chi connectivity index (χ0v) is 19.3. The molecule has 0 saturated carbocycles. The lowest BCUT2D eigenvalue weighted by atomic mass is 10.1. The molecule has 0 fully saturated rings. The maximum Gasteiger partial charge on any atom is 0.416 e. The third-order valence-electron chi connectivity index (χ3n) is 4.73. The molecule has 8 heteroatoms. The zero-order chi connectivity index (χ0) is 24.6. The lowest BCUT2D eigenvalue weighted by Crippen LogP contribution is -2.25. The Kier molecular flexibility index (Phi) is 9.17. The summed E-state index contributed by atoms with van der Waals surface area (Å²) in [6.07, 6.45) is 1.84. The summed E-state index contributed by atoms with van der Waals surface area (Å²) < 4.78 is 43.8. The largest absolute Gasteiger partial charge is 0.456 e. The Hall–Kier alpha value is -3.19. The highest BCUT2D eigenvalue weighted by molar-refractivity contribution is 6.32. The fourth-order valence-corrected chi connectivity index (χ4v) is 2.87. The number of halogens is 4. The average Bonchev–Trinajstić information content (AvgIpc) is 2.76. The van der Waals surface area contributed by atoms with Crippen molar-refractivity contribution in [1.82, 2.24) is 5.32 Å². The van der Waals surface area contributed by atoms with Crippen molar-refractivity contribution in [2.75, 3.05) is 0 Å². The topological polar surface area (TPSA) is 64.3 Å². The highest BCUT2D eigenvalue weighted by Gasteiger charge is 2.31. The normalized spacial score (nSPS) is 13.1. The summed E-state index contributed by atoms with van der Waals surface area (Å²) in [5.74, 6) is 0.204. The predicted octanol–water partition coefficient (Wildman–Crippen LogP) is 6.91. The molecule has 0 heterocycles. The van der Waals surface area contributed by atoms with Gasteiger partial charge in [0.1, 0.15) is 11.5 Å². The number of amides is 1. The van der Waals surface area contributed by atoms with E-state index in [0.29, 0.717) is 17.0 Å². The number of alkyl halides is 3. The monoisotopic (exact) mass is 478 g/mol. The van der Waals surface area contributed by atoms with Gasteiger partial charge in [0.2, 0.25) is 0 Å². The van der Waals surface area contributed by atoms with Gasteiger partial charge >= 0.3 is 6.18 Å². The van der Waals surface area contributed by atoms with Crippen molar-refractivity contribution in [1.29, 1.82) is 0 Å². The van der Waals surface area contributed by atoms with E-state index in [1.165, 1.54) is 11.6 Å². The summed E-state index contributed by atoms with van der Waals surface area (Å²) in [5.41, 5.74) is 7.77. The molecule has 0 atom stereocenters. The molecule has 4 nitrogen and oxygen atoms in total. The highest BCUT2D eigenvalue weighted by atomic mass is 35.5. The summed E-state index contributed by atoms with van der Waals surface area (Å²) in [5, 5.41) is 2.67. The molecule has 3 N–H and O–H groups in total. The summed E-state index contributed by atoms with van der Waals surface area (Å²) in [4.78, 5) is 12.5. The van der Waals surface area contributed by atoms with Gasteiger partial charge in [0, 0.05) is 12.2 Å². The molecular weight excluding hydrogens is 453 g/mol. The van der Waals surface area contributed by atoms with Crippen LogP contribution in [-0.4, -0.2) is 5.91 Å². The van der Waals surface area contributed by atoms with Crippen molar-refractivity contribution in [2.24, 2.45) is 5.73 Å². The first-order valence-electron chi connectivity index (χ1n) is 10.2. The Labute approximate surface area is 196 Å². The number of hydrogen-bond acceptors (Lipinski definition) is 3. The number of carbonyl (C=O) groups is 1. The molecule has 0 bridgehead atoms. The molecule has 176 valence electrons. The Morgan fingerprint density at radius 1 is 1.15 bits per heavy atom. The van der Waals surface area contributed by atoms with Crippen LogP contribution in [0.1, 0.15) is 38.3 Å². The average molecular weight is 479 g/mol. The molecular formula is C25H26ClF3N2O2.